The molecule has 4 heteroatoms. The Kier molecular flexibility index (Phi) is 2.35. The third-order valence-corrected chi connectivity index (χ3v) is 3.64. The minimum Gasteiger partial charge on any atom is -0.243 e. The summed E-state index contributed by atoms with van der Waals surface area (Å²) in [5.41, 5.74) is 1.87. The van der Waals surface area contributed by atoms with Crippen molar-refractivity contribution in [1.82, 2.24) is 9.97 Å². The first kappa shape index (κ1) is 9.75. The molecule has 0 saturated heterocycles. The summed E-state index contributed by atoms with van der Waals surface area (Å²) in [6.45, 7) is 0. The second kappa shape index (κ2) is 3.85. The van der Waals surface area contributed by atoms with Gasteiger partial charge in [-0.2, -0.15) is 0 Å². The van der Waals surface area contributed by atoms with Crippen LogP contribution < -0.4 is 0 Å². The summed E-state index contributed by atoms with van der Waals surface area (Å²) in [5.74, 6) is 0. The molecule has 1 aromatic carbocycles. The quantitative estimate of drug-likeness (QED) is 0.648. The number of hydrogen-bond donors (Lipinski definition) is 0. The molecular weight excluding hydrogens is 240 g/mol. The Morgan fingerprint density at radius 1 is 1.19 bits per heavy atom. The second-order valence-corrected chi connectivity index (χ2v) is 4.69. The van der Waals surface area contributed by atoms with Crippen molar-refractivity contribution < 1.29 is 0 Å². The molecule has 0 spiro atoms. The van der Waals surface area contributed by atoms with Gasteiger partial charge in [-0.15, -0.1) is 11.3 Å². The zero-order valence-electron chi connectivity index (χ0n) is 8.22. The molecule has 0 aliphatic rings. The number of hydrogen-bond acceptors (Lipinski definition) is 3. The monoisotopic (exact) mass is 246 g/mol. The molecule has 2 nitrogen and oxygen atoms in total. The number of halogens is 1. The highest BCUT2D eigenvalue weighted by atomic mass is 35.5. The zero-order chi connectivity index (χ0) is 11.0. The molecule has 3 rings (SSSR count). The van der Waals surface area contributed by atoms with Crippen LogP contribution in [0.5, 0.6) is 0 Å². The summed E-state index contributed by atoms with van der Waals surface area (Å²) in [4.78, 5) is 8.14. The Labute approximate surface area is 102 Å². The number of thiophene rings is 1. The Morgan fingerprint density at radius 3 is 3.00 bits per heavy atom. The van der Waals surface area contributed by atoms with Gasteiger partial charge in [0.2, 0.25) is 0 Å². The Hall–Kier alpha value is -1.45. The molecule has 2 aromatic heterocycles. The van der Waals surface area contributed by atoms with Gasteiger partial charge in [-0.05, 0) is 16.8 Å². The topological polar surface area (TPSA) is 25.8 Å². The fourth-order valence-electron chi connectivity index (χ4n) is 1.69. The maximum Gasteiger partial charge on any atom is 0.116 e. The van der Waals surface area contributed by atoms with E-state index in [4.69, 9.17) is 11.6 Å². The van der Waals surface area contributed by atoms with Gasteiger partial charge in [0.25, 0.3) is 0 Å². The summed E-state index contributed by atoms with van der Waals surface area (Å²) in [5, 5.41) is 3.88. The molecular formula is C12H7ClN2S. The fourth-order valence-corrected chi connectivity index (χ4v) is 2.81. The van der Waals surface area contributed by atoms with Crippen LogP contribution in [-0.4, -0.2) is 9.97 Å². The summed E-state index contributed by atoms with van der Waals surface area (Å²) < 4.78 is 1.21. The third-order valence-electron chi connectivity index (χ3n) is 2.40. The van der Waals surface area contributed by atoms with Gasteiger partial charge in [0.15, 0.2) is 0 Å². The SMILES string of the molecule is Clc1cncnc1-c1cccc2ccsc12. The first-order chi connectivity index (χ1) is 7.86. The molecule has 0 bridgehead atoms. The molecule has 2 heterocycles. The number of nitrogens with zero attached hydrogens (tertiary/aromatic N) is 2. The number of aromatic nitrogens is 2. The summed E-state index contributed by atoms with van der Waals surface area (Å²) in [7, 11) is 0. The Bertz CT molecular complexity index is 648. The molecule has 0 fully saturated rings. The second-order valence-electron chi connectivity index (χ2n) is 3.36. The molecule has 16 heavy (non-hydrogen) atoms. The normalized spacial score (nSPS) is 10.8. The average molecular weight is 247 g/mol. The minimum atomic E-state index is 0.586. The van der Waals surface area contributed by atoms with Gasteiger partial charge in [-0.1, -0.05) is 29.8 Å². The highest BCUT2D eigenvalue weighted by Gasteiger charge is 2.09. The van der Waals surface area contributed by atoms with Crippen molar-refractivity contribution in [2.24, 2.45) is 0 Å². The lowest BCUT2D eigenvalue weighted by atomic mass is 10.1. The van der Waals surface area contributed by atoms with E-state index in [1.807, 2.05) is 12.1 Å². The van der Waals surface area contributed by atoms with E-state index in [1.165, 1.54) is 16.4 Å². The maximum atomic E-state index is 6.11. The number of fused-ring (bicyclic) bond motifs is 1. The molecule has 3 aromatic rings. The molecule has 0 saturated carbocycles. The molecule has 0 aliphatic heterocycles. The van der Waals surface area contributed by atoms with E-state index in [0.29, 0.717) is 5.02 Å². The summed E-state index contributed by atoms with van der Waals surface area (Å²) in [6, 6.07) is 8.24. The van der Waals surface area contributed by atoms with Crippen LogP contribution in [0, 0.1) is 0 Å². The smallest absolute Gasteiger partial charge is 0.116 e. The Morgan fingerprint density at radius 2 is 2.12 bits per heavy atom. The van der Waals surface area contributed by atoms with Crippen LogP contribution in [0.1, 0.15) is 0 Å². The van der Waals surface area contributed by atoms with Gasteiger partial charge < -0.3 is 0 Å². The lowest BCUT2D eigenvalue weighted by molar-refractivity contribution is 1.17. The van der Waals surface area contributed by atoms with E-state index < -0.39 is 0 Å². The van der Waals surface area contributed by atoms with E-state index in [2.05, 4.69) is 27.5 Å². The zero-order valence-corrected chi connectivity index (χ0v) is 9.79. The van der Waals surface area contributed by atoms with Crippen molar-refractivity contribution >= 4 is 33.0 Å². The molecule has 0 N–H and O–H groups in total. The van der Waals surface area contributed by atoms with Crippen molar-refractivity contribution in [2.75, 3.05) is 0 Å². The predicted octanol–water partition coefficient (Wildman–Crippen LogP) is 4.01. The molecule has 0 atom stereocenters. The first-order valence-electron chi connectivity index (χ1n) is 4.78. The van der Waals surface area contributed by atoms with Gasteiger partial charge in [0.1, 0.15) is 6.33 Å². The molecule has 78 valence electrons. The van der Waals surface area contributed by atoms with Crippen molar-refractivity contribution in [3.05, 3.63) is 47.2 Å². The van der Waals surface area contributed by atoms with E-state index >= 15 is 0 Å². The average Bonchev–Trinajstić information content (AvgIpc) is 2.77. The van der Waals surface area contributed by atoms with Crippen LogP contribution in [0.25, 0.3) is 21.3 Å². The molecule has 0 unspecified atom stereocenters. The van der Waals surface area contributed by atoms with E-state index in [0.717, 1.165) is 11.3 Å². The summed E-state index contributed by atoms with van der Waals surface area (Å²) >= 11 is 7.80. The van der Waals surface area contributed by atoms with Crippen molar-refractivity contribution in [3.8, 4) is 11.3 Å². The molecule has 0 amide bonds. The molecule has 0 aliphatic carbocycles. The summed E-state index contributed by atoms with van der Waals surface area (Å²) in [6.07, 6.45) is 3.14. The molecule has 0 radical (unpaired) electrons. The van der Waals surface area contributed by atoms with E-state index in [9.17, 15) is 0 Å². The van der Waals surface area contributed by atoms with E-state index in [1.54, 1.807) is 17.5 Å². The van der Waals surface area contributed by atoms with Crippen LogP contribution in [0.3, 0.4) is 0 Å². The minimum absolute atomic E-state index is 0.586. The number of benzene rings is 1. The van der Waals surface area contributed by atoms with Gasteiger partial charge >= 0.3 is 0 Å². The predicted molar refractivity (Wildman–Crippen MR) is 67.9 cm³/mol. The van der Waals surface area contributed by atoms with Gasteiger partial charge in [-0.3, -0.25) is 0 Å². The standard InChI is InChI=1S/C12H7ClN2S/c13-10-6-14-7-15-11(10)9-3-1-2-8-4-5-16-12(8)9/h1-7H. The highest BCUT2D eigenvalue weighted by Crippen LogP contribution is 2.34. The lowest BCUT2D eigenvalue weighted by Gasteiger charge is -2.03. The van der Waals surface area contributed by atoms with Crippen LogP contribution in [0.2, 0.25) is 5.02 Å². The van der Waals surface area contributed by atoms with Crippen molar-refractivity contribution in [2.45, 2.75) is 0 Å². The Balaban J connectivity index is 2.34. The van der Waals surface area contributed by atoms with Crippen LogP contribution in [-0.2, 0) is 0 Å². The van der Waals surface area contributed by atoms with Gasteiger partial charge in [0.05, 0.1) is 10.7 Å². The highest BCUT2D eigenvalue weighted by molar-refractivity contribution is 7.17. The largest absolute Gasteiger partial charge is 0.243 e. The van der Waals surface area contributed by atoms with E-state index in [-0.39, 0.29) is 0 Å². The third kappa shape index (κ3) is 1.49. The van der Waals surface area contributed by atoms with Crippen LogP contribution in [0.4, 0.5) is 0 Å². The first-order valence-corrected chi connectivity index (χ1v) is 6.04. The van der Waals surface area contributed by atoms with Crippen LogP contribution in [0.15, 0.2) is 42.2 Å². The maximum absolute atomic E-state index is 6.11. The number of rotatable bonds is 1. The van der Waals surface area contributed by atoms with Crippen molar-refractivity contribution in [1.29, 1.82) is 0 Å². The van der Waals surface area contributed by atoms with Crippen LogP contribution >= 0.6 is 22.9 Å². The fraction of sp³-hybridized carbons (Fsp3) is 0. The van der Waals surface area contributed by atoms with Crippen molar-refractivity contribution in [3.63, 3.8) is 0 Å². The van der Waals surface area contributed by atoms with Gasteiger partial charge in [-0.25, -0.2) is 9.97 Å². The lowest BCUT2D eigenvalue weighted by Crippen LogP contribution is -1.86. The van der Waals surface area contributed by atoms with Gasteiger partial charge in [0, 0.05) is 16.5 Å².